The van der Waals surface area contributed by atoms with E-state index in [-0.39, 0.29) is 4.75 Å². The molecule has 0 N–H and O–H groups in total. The van der Waals surface area contributed by atoms with Crippen molar-refractivity contribution in [1.82, 2.24) is 0 Å². The van der Waals surface area contributed by atoms with Crippen molar-refractivity contribution in [1.29, 1.82) is 0 Å². The standard InChI is InChI=1S/C18H16S/c1-13-7-6-12-19-18(13)16-10-4-2-8-14(16)15-9-3-5-11-17(15)18/h2-11,13H,12H2,1H3. The summed E-state index contributed by atoms with van der Waals surface area (Å²) in [4.78, 5) is 0. The van der Waals surface area contributed by atoms with Crippen LogP contribution >= 0.6 is 11.8 Å². The Hall–Kier alpha value is -1.47. The molecule has 4 rings (SSSR count). The van der Waals surface area contributed by atoms with Crippen LogP contribution in [0.4, 0.5) is 0 Å². The van der Waals surface area contributed by atoms with Crippen LogP contribution in [0.5, 0.6) is 0 Å². The molecule has 0 radical (unpaired) electrons. The fourth-order valence-electron chi connectivity index (χ4n) is 3.58. The Balaban J connectivity index is 2.09. The molecule has 0 amide bonds. The van der Waals surface area contributed by atoms with Crippen molar-refractivity contribution in [3.63, 3.8) is 0 Å². The summed E-state index contributed by atoms with van der Waals surface area (Å²) in [7, 11) is 0. The molecule has 1 aliphatic heterocycles. The lowest BCUT2D eigenvalue weighted by Gasteiger charge is -2.38. The molecular formula is C18H16S. The smallest absolute Gasteiger partial charge is 0.0731 e. The van der Waals surface area contributed by atoms with E-state index in [1.54, 1.807) is 0 Å². The average Bonchev–Trinajstić information content (AvgIpc) is 2.75. The maximum Gasteiger partial charge on any atom is 0.0731 e. The van der Waals surface area contributed by atoms with Gasteiger partial charge in [-0.25, -0.2) is 0 Å². The van der Waals surface area contributed by atoms with Gasteiger partial charge in [-0.3, -0.25) is 0 Å². The van der Waals surface area contributed by atoms with Gasteiger partial charge >= 0.3 is 0 Å². The molecule has 1 atom stereocenters. The van der Waals surface area contributed by atoms with E-state index < -0.39 is 0 Å². The molecule has 0 fully saturated rings. The first-order valence-electron chi connectivity index (χ1n) is 6.84. The van der Waals surface area contributed by atoms with Crippen LogP contribution in [0, 0.1) is 5.92 Å². The van der Waals surface area contributed by atoms with E-state index in [9.17, 15) is 0 Å². The zero-order valence-electron chi connectivity index (χ0n) is 11.0. The quantitative estimate of drug-likeness (QED) is 0.613. The molecule has 0 saturated carbocycles. The van der Waals surface area contributed by atoms with Crippen LogP contribution in [0.2, 0.25) is 0 Å². The largest absolute Gasteiger partial charge is 0.141 e. The molecular weight excluding hydrogens is 248 g/mol. The van der Waals surface area contributed by atoms with Gasteiger partial charge in [-0.15, -0.1) is 11.8 Å². The topological polar surface area (TPSA) is 0 Å². The second kappa shape index (κ2) is 4.01. The predicted octanol–water partition coefficient (Wildman–Crippen LogP) is 4.85. The minimum atomic E-state index is 0.127. The van der Waals surface area contributed by atoms with Gasteiger partial charge in [0.15, 0.2) is 0 Å². The van der Waals surface area contributed by atoms with Gasteiger partial charge in [0.25, 0.3) is 0 Å². The third-order valence-electron chi connectivity index (χ3n) is 4.42. The molecule has 1 aliphatic carbocycles. The zero-order chi connectivity index (χ0) is 12.9. The van der Waals surface area contributed by atoms with Crippen molar-refractivity contribution in [2.45, 2.75) is 11.7 Å². The Bertz CT molecular complexity index is 623. The highest BCUT2D eigenvalue weighted by atomic mass is 32.2. The van der Waals surface area contributed by atoms with E-state index in [0.717, 1.165) is 5.75 Å². The van der Waals surface area contributed by atoms with Crippen molar-refractivity contribution in [3.8, 4) is 11.1 Å². The van der Waals surface area contributed by atoms with Gasteiger partial charge in [0.2, 0.25) is 0 Å². The van der Waals surface area contributed by atoms with Crippen molar-refractivity contribution >= 4 is 11.8 Å². The summed E-state index contributed by atoms with van der Waals surface area (Å²) in [5.41, 5.74) is 5.84. The Morgan fingerprint density at radius 1 is 0.947 bits per heavy atom. The highest BCUT2D eigenvalue weighted by Crippen LogP contribution is 2.59. The van der Waals surface area contributed by atoms with Crippen LogP contribution < -0.4 is 0 Å². The third kappa shape index (κ3) is 1.37. The third-order valence-corrected chi connectivity index (χ3v) is 6.04. The van der Waals surface area contributed by atoms with Crippen LogP contribution in [0.25, 0.3) is 11.1 Å². The van der Waals surface area contributed by atoms with Crippen LogP contribution in [0.3, 0.4) is 0 Å². The molecule has 0 nitrogen and oxygen atoms in total. The van der Waals surface area contributed by atoms with Crippen LogP contribution in [-0.4, -0.2) is 5.75 Å². The lowest BCUT2D eigenvalue weighted by Crippen LogP contribution is -2.30. The minimum absolute atomic E-state index is 0.127. The molecule has 2 aromatic rings. The summed E-state index contributed by atoms with van der Waals surface area (Å²) >= 11 is 2.08. The van der Waals surface area contributed by atoms with Gasteiger partial charge in [0.05, 0.1) is 4.75 Å². The zero-order valence-corrected chi connectivity index (χ0v) is 11.8. The maximum atomic E-state index is 2.38. The van der Waals surface area contributed by atoms with Gasteiger partial charge in [0.1, 0.15) is 0 Å². The maximum absolute atomic E-state index is 2.38. The van der Waals surface area contributed by atoms with Crippen molar-refractivity contribution in [3.05, 3.63) is 71.8 Å². The number of thioether (sulfide) groups is 1. The second-order valence-electron chi connectivity index (χ2n) is 5.35. The molecule has 2 aliphatic rings. The highest BCUT2D eigenvalue weighted by molar-refractivity contribution is 8.00. The Morgan fingerprint density at radius 3 is 2.11 bits per heavy atom. The van der Waals surface area contributed by atoms with E-state index >= 15 is 0 Å². The monoisotopic (exact) mass is 264 g/mol. The van der Waals surface area contributed by atoms with Crippen LogP contribution in [0.15, 0.2) is 60.7 Å². The Labute approximate surface area is 118 Å². The molecule has 2 aromatic carbocycles. The summed E-state index contributed by atoms with van der Waals surface area (Å²) in [6, 6.07) is 17.8. The van der Waals surface area contributed by atoms with Crippen LogP contribution in [0.1, 0.15) is 18.1 Å². The molecule has 0 saturated heterocycles. The predicted molar refractivity (Wildman–Crippen MR) is 83.4 cm³/mol. The van der Waals surface area contributed by atoms with E-state index in [0.29, 0.717) is 5.92 Å². The number of allylic oxidation sites excluding steroid dienone is 1. The molecule has 1 spiro atoms. The number of benzene rings is 2. The summed E-state index contributed by atoms with van der Waals surface area (Å²) in [6.07, 6.45) is 4.69. The van der Waals surface area contributed by atoms with E-state index in [1.165, 1.54) is 22.3 Å². The molecule has 0 bridgehead atoms. The summed E-state index contributed by atoms with van der Waals surface area (Å²) < 4.78 is 0.127. The normalized spacial score (nSPS) is 22.3. The van der Waals surface area contributed by atoms with Crippen molar-refractivity contribution in [2.24, 2.45) is 5.92 Å². The van der Waals surface area contributed by atoms with Gasteiger partial charge < -0.3 is 0 Å². The molecule has 1 heteroatoms. The number of rotatable bonds is 0. The number of fused-ring (bicyclic) bond motifs is 5. The molecule has 19 heavy (non-hydrogen) atoms. The SMILES string of the molecule is CC1C=CCSC12c1ccccc1-c1ccccc12. The van der Waals surface area contributed by atoms with Crippen molar-refractivity contribution in [2.75, 3.05) is 5.75 Å². The number of hydrogen-bond acceptors (Lipinski definition) is 1. The first kappa shape index (κ1) is 11.4. The summed E-state index contributed by atoms with van der Waals surface area (Å²) in [5.74, 6) is 1.64. The van der Waals surface area contributed by atoms with E-state index in [2.05, 4.69) is 79.4 Å². The van der Waals surface area contributed by atoms with E-state index in [4.69, 9.17) is 0 Å². The summed E-state index contributed by atoms with van der Waals surface area (Å²) in [5, 5.41) is 0. The highest BCUT2D eigenvalue weighted by Gasteiger charge is 2.47. The van der Waals surface area contributed by atoms with Crippen molar-refractivity contribution < 1.29 is 0 Å². The lowest BCUT2D eigenvalue weighted by molar-refractivity contribution is 0.578. The Kier molecular flexibility index (Phi) is 2.40. The molecule has 94 valence electrons. The number of hydrogen-bond donors (Lipinski definition) is 0. The second-order valence-corrected chi connectivity index (χ2v) is 6.62. The molecule has 0 aromatic heterocycles. The Morgan fingerprint density at radius 2 is 1.53 bits per heavy atom. The van der Waals surface area contributed by atoms with Crippen LogP contribution in [-0.2, 0) is 4.75 Å². The fraction of sp³-hybridized carbons (Fsp3) is 0.222. The van der Waals surface area contributed by atoms with Gasteiger partial charge in [0, 0.05) is 5.75 Å². The first-order chi connectivity index (χ1) is 9.34. The van der Waals surface area contributed by atoms with Gasteiger partial charge in [-0.2, -0.15) is 0 Å². The summed E-state index contributed by atoms with van der Waals surface area (Å²) in [6.45, 7) is 2.35. The lowest BCUT2D eigenvalue weighted by atomic mass is 9.83. The molecule has 1 unspecified atom stereocenters. The fourth-order valence-corrected chi connectivity index (χ4v) is 5.06. The minimum Gasteiger partial charge on any atom is -0.141 e. The van der Waals surface area contributed by atoms with Gasteiger partial charge in [-0.05, 0) is 28.2 Å². The first-order valence-corrected chi connectivity index (χ1v) is 7.82. The van der Waals surface area contributed by atoms with Gasteiger partial charge in [-0.1, -0.05) is 67.6 Å². The molecule has 1 heterocycles. The van der Waals surface area contributed by atoms with E-state index in [1.807, 2.05) is 0 Å². The average molecular weight is 264 g/mol.